The number of hydrogen-bond donors (Lipinski definition) is 2. The summed E-state index contributed by atoms with van der Waals surface area (Å²) in [6.45, 7) is 1.46. The lowest BCUT2D eigenvalue weighted by molar-refractivity contribution is -0.135. The van der Waals surface area contributed by atoms with Gasteiger partial charge in [0.05, 0.1) is 6.10 Å². The summed E-state index contributed by atoms with van der Waals surface area (Å²) in [7, 11) is 0. The van der Waals surface area contributed by atoms with Gasteiger partial charge < -0.3 is 15.2 Å². The maximum atomic E-state index is 11.8. The molecule has 1 heterocycles. The highest BCUT2D eigenvalue weighted by Gasteiger charge is 2.24. The van der Waals surface area contributed by atoms with Crippen molar-refractivity contribution in [3.8, 4) is 0 Å². The largest absolute Gasteiger partial charge is 0.393 e. The number of aliphatic hydroxyl groups excluding tert-OH is 1. The molecule has 1 atom stereocenters. The fraction of sp³-hybridized carbons (Fsp3) is 0.923. The molecule has 1 saturated heterocycles. The van der Waals surface area contributed by atoms with Gasteiger partial charge in [-0.15, -0.1) is 0 Å². The third-order valence-electron chi connectivity index (χ3n) is 3.85. The molecular weight excluding hydrogens is 218 g/mol. The van der Waals surface area contributed by atoms with Crippen molar-refractivity contribution in [2.75, 3.05) is 13.2 Å². The zero-order valence-corrected chi connectivity index (χ0v) is 10.4. The summed E-state index contributed by atoms with van der Waals surface area (Å²) in [5.74, 6) is 0.585. The summed E-state index contributed by atoms with van der Waals surface area (Å²) in [5, 5.41) is 12.4. The van der Waals surface area contributed by atoms with E-state index < -0.39 is 0 Å². The summed E-state index contributed by atoms with van der Waals surface area (Å²) in [6.07, 6.45) is 6.47. The number of rotatable bonds is 3. The SMILES string of the molecule is O=C(NCC1CCC(O)CC1)C1CCCCO1. The van der Waals surface area contributed by atoms with Crippen molar-refractivity contribution in [2.45, 2.75) is 57.2 Å². The topological polar surface area (TPSA) is 58.6 Å². The van der Waals surface area contributed by atoms with E-state index in [9.17, 15) is 9.90 Å². The van der Waals surface area contributed by atoms with Crippen molar-refractivity contribution in [3.63, 3.8) is 0 Å². The highest BCUT2D eigenvalue weighted by molar-refractivity contribution is 5.80. The molecule has 0 aromatic heterocycles. The number of carbonyl (C=O) groups excluding carboxylic acids is 1. The van der Waals surface area contributed by atoms with Crippen LogP contribution in [0.2, 0.25) is 0 Å². The smallest absolute Gasteiger partial charge is 0.249 e. The van der Waals surface area contributed by atoms with Crippen molar-refractivity contribution in [1.82, 2.24) is 5.32 Å². The lowest BCUT2D eigenvalue weighted by Crippen LogP contribution is -2.41. The van der Waals surface area contributed by atoms with Crippen LogP contribution in [0.5, 0.6) is 0 Å². The molecule has 0 bridgehead atoms. The number of ether oxygens (including phenoxy) is 1. The first-order chi connectivity index (χ1) is 8.25. The normalized spacial score (nSPS) is 34.3. The molecule has 4 nitrogen and oxygen atoms in total. The summed E-state index contributed by atoms with van der Waals surface area (Å²) >= 11 is 0. The van der Waals surface area contributed by atoms with Crippen molar-refractivity contribution < 1.29 is 14.6 Å². The molecule has 1 unspecified atom stereocenters. The van der Waals surface area contributed by atoms with Gasteiger partial charge in [-0.3, -0.25) is 4.79 Å². The number of hydrogen-bond acceptors (Lipinski definition) is 3. The second kappa shape index (κ2) is 6.36. The molecule has 1 aliphatic heterocycles. The molecule has 2 fully saturated rings. The van der Waals surface area contributed by atoms with E-state index >= 15 is 0 Å². The Bertz CT molecular complexity index is 243. The van der Waals surface area contributed by atoms with Gasteiger partial charge >= 0.3 is 0 Å². The Labute approximate surface area is 103 Å². The van der Waals surface area contributed by atoms with E-state index in [0.29, 0.717) is 12.5 Å². The van der Waals surface area contributed by atoms with Gasteiger partial charge in [0, 0.05) is 13.2 Å². The summed E-state index contributed by atoms with van der Waals surface area (Å²) < 4.78 is 5.44. The van der Waals surface area contributed by atoms with E-state index in [4.69, 9.17) is 4.74 Å². The van der Waals surface area contributed by atoms with E-state index in [1.54, 1.807) is 0 Å². The van der Waals surface area contributed by atoms with Crippen LogP contribution in [0.25, 0.3) is 0 Å². The molecule has 0 aromatic carbocycles. The zero-order chi connectivity index (χ0) is 12.1. The van der Waals surface area contributed by atoms with Crippen LogP contribution in [-0.2, 0) is 9.53 Å². The zero-order valence-electron chi connectivity index (χ0n) is 10.4. The van der Waals surface area contributed by atoms with Crippen molar-refractivity contribution >= 4 is 5.91 Å². The molecule has 2 aliphatic rings. The Morgan fingerprint density at radius 1 is 1.18 bits per heavy atom. The van der Waals surface area contributed by atoms with E-state index in [-0.39, 0.29) is 18.1 Å². The predicted octanol–water partition coefficient (Wildman–Crippen LogP) is 1.22. The van der Waals surface area contributed by atoms with Crippen molar-refractivity contribution in [1.29, 1.82) is 0 Å². The standard InChI is InChI=1S/C13H23NO3/c15-11-6-4-10(5-7-11)9-14-13(16)12-3-1-2-8-17-12/h10-12,15H,1-9H2,(H,14,16). The minimum atomic E-state index is -0.224. The maximum absolute atomic E-state index is 11.8. The van der Waals surface area contributed by atoms with Crippen molar-refractivity contribution in [2.24, 2.45) is 5.92 Å². The van der Waals surface area contributed by atoms with Crippen LogP contribution in [0.1, 0.15) is 44.9 Å². The van der Waals surface area contributed by atoms with Gasteiger partial charge in [-0.05, 0) is 50.9 Å². The summed E-state index contributed by atoms with van der Waals surface area (Å²) in [4.78, 5) is 11.8. The Balaban J connectivity index is 1.65. The van der Waals surface area contributed by atoms with Crippen LogP contribution in [-0.4, -0.2) is 36.4 Å². The third kappa shape index (κ3) is 3.96. The summed E-state index contributed by atoms with van der Waals surface area (Å²) in [5.41, 5.74) is 0. The van der Waals surface area contributed by atoms with Gasteiger partial charge in [-0.1, -0.05) is 0 Å². The van der Waals surface area contributed by atoms with Gasteiger partial charge in [-0.2, -0.15) is 0 Å². The molecule has 2 N–H and O–H groups in total. The lowest BCUT2D eigenvalue weighted by atomic mass is 9.87. The molecule has 17 heavy (non-hydrogen) atoms. The van der Waals surface area contributed by atoms with Gasteiger partial charge in [-0.25, -0.2) is 0 Å². The molecule has 98 valence electrons. The van der Waals surface area contributed by atoms with Crippen LogP contribution in [0.15, 0.2) is 0 Å². The average Bonchev–Trinajstić information content (AvgIpc) is 2.39. The summed E-state index contributed by atoms with van der Waals surface area (Å²) in [6, 6.07) is 0. The van der Waals surface area contributed by atoms with E-state index in [0.717, 1.165) is 51.5 Å². The number of aliphatic hydroxyl groups is 1. The molecule has 0 spiro atoms. The lowest BCUT2D eigenvalue weighted by Gasteiger charge is -2.27. The number of amides is 1. The Kier molecular flexibility index (Phi) is 4.80. The second-order valence-electron chi connectivity index (χ2n) is 5.27. The minimum absolute atomic E-state index is 0.0517. The van der Waals surface area contributed by atoms with E-state index in [1.807, 2.05) is 0 Å². The Hall–Kier alpha value is -0.610. The average molecular weight is 241 g/mol. The van der Waals surface area contributed by atoms with Gasteiger partial charge in [0.1, 0.15) is 6.10 Å². The maximum Gasteiger partial charge on any atom is 0.249 e. The van der Waals surface area contributed by atoms with E-state index in [1.165, 1.54) is 0 Å². The quantitative estimate of drug-likeness (QED) is 0.781. The van der Waals surface area contributed by atoms with Crippen LogP contribution in [0, 0.1) is 5.92 Å². The monoisotopic (exact) mass is 241 g/mol. The van der Waals surface area contributed by atoms with Crippen LogP contribution < -0.4 is 5.32 Å². The molecule has 4 heteroatoms. The second-order valence-corrected chi connectivity index (χ2v) is 5.27. The Morgan fingerprint density at radius 3 is 2.59 bits per heavy atom. The van der Waals surface area contributed by atoms with Crippen LogP contribution in [0.3, 0.4) is 0 Å². The highest BCUT2D eigenvalue weighted by atomic mass is 16.5. The third-order valence-corrected chi connectivity index (χ3v) is 3.85. The number of nitrogens with one attached hydrogen (secondary N) is 1. The molecule has 1 amide bonds. The van der Waals surface area contributed by atoms with Crippen LogP contribution >= 0.6 is 0 Å². The molecule has 1 aliphatic carbocycles. The molecule has 2 rings (SSSR count). The van der Waals surface area contributed by atoms with Gasteiger partial charge in [0.2, 0.25) is 5.91 Å². The first kappa shape index (κ1) is 12.8. The molecule has 1 saturated carbocycles. The van der Waals surface area contributed by atoms with Gasteiger partial charge in [0.25, 0.3) is 0 Å². The molecule has 0 aromatic rings. The fourth-order valence-corrected chi connectivity index (χ4v) is 2.66. The minimum Gasteiger partial charge on any atom is -0.393 e. The first-order valence-electron chi connectivity index (χ1n) is 6.83. The molecular formula is C13H23NO3. The fourth-order valence-electron chi connectivity index (χ4n) is 2.66. The van der Waals surface area contributed by atoms with Gasteiger partial charge in [0.15, 0.2) is 0 Å². The van der Waals surface area contributed by atoms with Crippen LogP contribution in [0.4, 0.5) is 0 Å². The van der Waals surface area contributed by atoms with Crippen molar-refractivity contribution in [3.05, 3.63) is 0 Å². The number of carbonyl (C=O) groups is 1. The Morgan fingerprint density at radius 2 is 1.94 bits per heavy atom. The first-order valence-corrected chi connectivity index (χ1v) is 6.83. The predicted molar refractivity (Wildman–Crippen MR) is 64.6 cm³/mol. The highest BCUT2D eigenvalue weighted by Crippen LogP contribution is 2.23. The molecule has 0 radical (unpaired) electrons. The van der Waals surface area contributed by atoms with E-state index in [2.05, 4.69) is 5.32 Å².